The van der Waals surface area contributed by atoms with Crippen LogP contribution in [0.25, 0.3) is 0 Å². The Morgan fingerprint density at radius 1 is 1.53 bits per heavy atom. The van der Waals surface area contributed by atoms with E-state index >= 15 is 0 Å². The van der Waals surface area contributed by atoms with E-state index in [0.29, 0.717) is 5.25 Å². The molecular weight excluding hydrogens is 296 g/mol. The van der Waals surface area contributed by atoms with Crippen LogP contribution in [0.4, 0.5) is 5.69 Å². The minimum Gasteiger partial charge on any atom is -0.334 e. The van der Waals surface area contributed by atoms with Crippen LogP contribution >= 0.6 is 27.7 Å². The van der Waals surface area contributed by atoms with Crippen LogP contribution in [0.3, 0.4) is 0 Å². The number of anilines is 1. The maximum atomic E-state index is 4.55. The Labute approximate surface area is 115 Å². The Hall–Kier alpha value is -0.480. The van der Waals surface area contributed by atoms with Crippen molar-refractivity contribution in [1.82, 2.24) is 0 Å². The first-order valence-electron chi connectivity index (χ1n) is 5.94. The molecule has 1 atom stereocenters. The molecule has 0 aliphatic carbocycles. The number of aliphatic imine (C=N–C) groups is 1. The third-order valence-electron chi connectivity index (χ3n) is 2.76. The number of halogens is 1. The Balaban J connectivity index is 2.01. The maximum Gasteiger partial charge on any atom is 0.161 e. The second-order valence-corrected chi connectivity index (χ2v) is 6.32. The summed E-state index contributed by atoms with van der Waals surface area (Å²) in [5, 5.41) is 5.11. The van der Waals surface area contributed by atoms with E-state index < -0.39 is 0 Å². The second kappa shape index (κ2) is 5.91. The number of hydrogen-bond acceptors (Lipinski definition) is 3. The standard InChI is InChI=1S/C13H17BrN2S/c1-3-5-10-8-15-13(17-10)16-11-7-4-6-9(2)12(11)14/h4,6-7,10H,3,5,8H2,1-2H3,(H,15,16). The Morgan fingerprint density at radius 3 is 3.12 bits per heavy atom. The van der Waals surface area contributed by atoms with Crippen molar-refractivity contribution >= 4 is 38.5 Å². The predicted molar refractivity (Wildman–Crippen MR) is 81.1 cm³/mol. The van der Waals surface area contributed by atoms with Gasteiger partial charge in [-0.1, -0.05) is 37.2 Å². The predicted octanol–water partition coefficient (Wildman–Crippen LogP) is 4.44. The van der Waals surface area contributed by atoms with Crippen LogP contribution in [0, 0.1) is 6.92 Å². The van der Waals surface area contributed by atoms with Gasteiger partial charge in [-0.2, -0.15) is 0 Å². The molecule has 17 heavy (non-hydrogen) atoms. The van der Waals surface area contributed by atoms with Gasteiger partial charge in [0.15, 0.2) is 5.17 Å². The molecule has 0 radical (unpaired) electrons. The summed E-state index contributed by atoms with van der Waals surface area (Å²) < 4.78 is 1.13. The summed E-state index contributed by atoms with van der Waals surface area (Å²) in [4.78, 5) is 4.55. The van der Waals surface area contributed by atoms with Crippen molar-refractivity contribution in [2.24, 2.45) is 4.99 Å². The first kappa shape index (κ1) is 13.0. The summed E-state index contributed by atoms with van der Waals surface area (Å²) in [5.74, 6) is 0. The summed E-state index contributed by atoms with van der Waals surface area (Å²) in [6.07, 6.45) is 2.48. The van der Waals surface area contributed by atoms with E-state index in [1.807, 2.05) is 11.8 Å². The maximum absolute atomic E-state index is 4.55. The van der Waals surface area contributed by atoms with Gasteiger partial charge in [0.2, 0.25) is 0 Å². The largest absolute Gasteiger partial charge is 0.334 e. The number of benzene rings is 1. The average molecular weight is 313 g/mol. The number of nitrogens with zero attached hydrogens (tertiary/aromatic N) is 1. The molecule has 0 amide bonds. The van der Waals surface area contributed by atoms with Crippen molar-refractivity contribution in [3.05, 3.63) is 28.2 Å². The SMILES string of the molecule is CCCC1CN=C(Nc2cccc(C)c2Br)S1. The van der Waals surface area contributed by atoms with E-state index in [0.717, 1.165) is 21.9 Å². The summed E-state index contributed by atoms with van der Waals surface area (Å²) in [6, 6.07) is 6.23. The first-order valence-corrected chi connectivity index (χ1v) is 7.61. The normalized spacial score (nSPS) is 19.2. The molecule has 0 saturated heterocycles. The summed E-state index contributed by atoms with van der Waals surface area (Å²) in [6.45, 7) is 5.27. The fraction of sp³-hybridized carbons (Fsp3) is 0.462. The highest BCUT2D eigenvalue weighted by molar-refractivity contribution is 9.10. The Kier molecular flexibility index (Phi) is 4.51. The average Bonchev–Trinajstić information content (AvgIpc) is 2.73. The number of thioether (sulfide) groups is 1. The molecule has 4 heteroatoms. The van der Waals surface area contributed by atoms with E-state index in [1.54, 1.807) is 0 Å². The minimum absolute atomic E-state index is 0.658. The Bertz CT molecular complexity index is 431. The van der Waals surface area contributed by atoms with Crippen LogP contribution in [0.2, 0.25) is 0 Å². The molecule has 2 rings (SSSR count). The quantitative estimate of drug-likeness (QED) is 0.892. The molecule has 0 saturated carbocycles. The van der Waals surface area contributed by atoms with Crippen molar-refractivity contribution in [3.63, 3.8) is 0 Å². The molecule has 1 unspecified atom stereocenters. The molecule has 1 N–H and O–H groups in total. The van der Waals surface area contributed by atoms with Crippen molar-refractivity contribution in [2.75, 3.05) is 11.9 Å². The van der Waals surface area contributed by atoms with Gasteiger partial charge >= 0.3 is 0 Å². The number of nitrogens with one attached hydrogen (secondary N) is 1. The molecular formula is C13H17BrN2S. The number of amidine groups is 1. The lowest BCUT2D eigenvalue weighted by atomic mass is 10.2. The van der Waals surface area contributed by atoms with Crippen LogP contribution in [0.1, 0.15) is 25.3 Å². The van der Waals surface area contributed by atoms with Crippen molar-refractivity contribution in [1.29, 1.82) is 0 Å². The highest BCUT2D eigenvalue weighted by Crippen LogP contribution is 2.30. The van der Waals surface area contributed by atoms with Crippen molar-refractivity contribution in [2.45, 2.75) is 31.9 Å². The molecule has 92 valence electrons. The van der Waals surface area contributed by atoms with Gasteiger partial charge < -0.3 is 5.32 Å². The van der Waals surface area contributed by atoms with E-state index in [9.17, 15) is 0 Å². The molecule has 0 aromatic heterocycles. The molecule has 0 spiro atoms. The van der Waals surface area contributed by atoms with Gasteiger partial charge in [-0.05, 0) is 40.9 Å². The molecule has 1 aliphatic heterocycles. The van der Waals surface area contributed by atoms with E-state index in [-0.39, 0.29) is 0 Å². The number of hydrogen-bond donors (Lipinski definition) is 1. The third kappa shape index (κ3) is 3.26. The lowest BCUT2D eigenvalue weighted by Gasteiger charge is -2.10. The number of aryl methyl sites for hydroxylation is 1. The van der Waals surface area contributed by atoms with E-state index in [4.69, 9.17) is 0 Å². The van der Waals surface area contributed by atoms with Crippen molar-refractivity contribution in [3.8, 4) is 0 Å². The molecule has 1 heterocycles. The lowest BCUT2D eigenvalue weighted by Crippen LogP contribution is -2.08. The zero-order valence-corrected chi connectivity index (χ0v) is 12.6. The van der Waals surface area contributed by atoms with Crippen LogP contribution in [-0.2, 0) is 0 Å². The van der Waals surface area contributed by atoms with E-state index in [2.05, 4.69) is 58.3 Å². The summed E-state index contributed by atoms with van der Waals surface area (Å²) in [7, 11) is 0. The smallest absolute Gasteiger partial charge is 0.161 e. The topological polar surface area (TPSA) is 24.4 Å². The van der Waals surface area contributed by atoms with Gasteiger partial charge in [0.1, 0.15) is 0 Å². The highest BCUT2D eigenvalue weighted by atomic mass is 79.9. The van der Waals surface area contributed by atoms with Gasteiger partial charge in [-0.25, -0.2) is 0 Å². The van der Waals surface area contributed by atoms with Crippen LogP contribution < -0.4 is 5.32 Å². The molecule has 0 bridgehead atoms. The number of rotatable bonds is 3. The van der Waals surface area contributed by atoms with Gasteiger partial charge in [-0.3, -0.25) is 4.99 Å². The summed E-state index contributed by atoms with van der Waals surface area (Å²) >= 11 is 5.47. The fourth-order valence-corrected chi connectivity index (χ4v) is 3.32. The molecule has 1 aliphatic rings. The van der Waals surface area contributed by atoms with Gasteiger partial charge in [0, 0.05) is 9.72 Å². The monoisotopic (exact) mass is 312 g/mol. The lowest BCUT2D eigenvalue weighted by molar-refractivity contribution is 0.754. The van der Waals surface area contributed by atoms with E-state index in [1.165, 1.54) is 18.4 Å². The van der Waals surface area contributed by atoms with Crippen LogP contribution in [0.5, 0.6) is 0 Å². The van der Waals surface area contributed by atoms with Crippen molar-refractivity contribution < 1.29 is 0 Å². The first-order chi connectivity index (χ1) is 8.20. The van der Waals surface area contributed by atoms with Crippen LogP contribution in [0.15, 0.2) is 27.7 Å². The minimum atomic E-state index is 0.658. The van der Waals surface area contributed by atoms with Gasteiger partial charge in [0.05, 0.1) is 12.2 Å². The second-order valence-electron chi connectivity index (χ2n) is 4.24. The van der Waals surface area contributed by atoms with Gasteiger partial charge in [-0.15, -0.1) is 0 Å². The molecule has 0 fully saturated rings. The zero-order valence-electron chi connectivity index (χ0n) is 10.2. The van der Waals surface area contributed by atoms with Crippen LogP contribution in [-0.4, -0.2) is 17.0 Å². The van der Waals surface area contributed by atoms with Gasteiger partial charge in [0.25, 0.3) is 0 Å². The molecule has 2 nitrogen and oxygen atoms in total. The Morgan fingerprint density at radius 2 is 2.35 bits per heavy atom. The highest BCUT2D eigenvalue weighted by Gasteiger charge is 2.19. The third-order valence-corrected chi connectivity index (χ3v) is 4.99. The summed E-state index contributed by atoms with van der Waals surface area (Å²) in [5.41, 5.74) is 2.34. The molecule has 1 aromatic rings. The zero-order chi connectivity index (χ0) is 12.3. The fourth-order valence-electron chi connectivity index (χ4n) is 1.82. The molecule has 1 aromatic carbocycles.